The molecule has 0 spiro atoms. The van der Waals surface area contributed by atoms with Gasteiger partial charge in [-0.2, -0.15) is 0 Å². The van der Waals surface area contributed by atoms with E-state index in [2.05, 4.69) is 21.4 Å². The van der Waals surface area contributed by atoms with Crippen LogP contribution in [-0.4, -0.2) is 10.5 Å². The Balaban J connectivity index is 2.28. The molecule has 0 saturated carbocycles. The highest BCUT2D eigenvalue weighted by Crippen LogP contribution is 2.19. The third-order valence-electron chi connectivity index (χ3n) is 2.43. The lowest BCUT2D eigenvalue weighted by molar-refractivity contribution is 0.0953. The average molecular weight is 328 g/mol. The molecule has 7 heteroatoms. The zero-order chi connectivity index (χ0) is 13.1. The van der Waals surface area contributed by atoms with E-state index in [1.807, 2.05) is 0 Å². The van der Waals surface area contributed by atoms with Crippen LogP contribution in [0.25, 0.3) is 0 Å². The Morgan fingerprint density at radius 2 is 2.28 bits per heavy atom. The van der Waals surface area contributed by atoms with Crippen molar-refractivity contribution in [3.63, 3.8) is 0 Å². The lowest BCUT2D eigenvalue weighted by atomic mass is 10.1. The minimum atomic E-state index is -0.352. The summed E-state index contributed by atoms with van der Waals surface area (Å²) in [6.07, 6.45) is 1.74. The quantitative estimate of drug-likeness (QED) is 0.507. The molecular formula is C11H10BrN3O2S. The summed E-state index contributed by atoms with van der Waals surface area (Å²) in [6.45, 7) is 0.466. The maximum Gasteiger partial charge on any atom is 0.307 e. The van der Waals surface area contributed by atoms with Crippen molar-refractivity contribution in [2.45, 2.75) is 6.54 Å². The first kappa shape index (κ1) is 13.0. The Morgan fingerprint density at radius 1 is 1.50 bits per heavy atom. The van der Waals surface area contributed by atoms with Gasteiger partial charge in [0.15, 0.2) is 0 Å². The summed E-state index contributed by atoms with van der Waals surface area (Å²) in [6, 6.07) is 5.13. The Labute approximate surface area is 115 Å². The van der Waals surface area contributed by atoms with Crippen molar-refractivity contribution < 1.29 is 4.79 Å². The summed E-state index contributed by atoms with van der Waals surface area (Å²) in [7, 11) is 0. The van der Waals surface area contributed by atoms with E-state index in [9.17, 15) is 9.59 Å². The Bertz CT molecular complexity index is 635. The fraction of sp³-hybridized carbons (Fsp3) is 0.0909. The normalized spacial score (nSPS) is 10.3. The number of thiazole rings is 1. The number of benzene rings is 1. The van der Waals surface area contributed by atoms with E-state index >= 15 is 0 Å². The van der Waals surface area contributed by atoms with E-state index in [1.54, 1.807) is 34.3 Å². The lowest BCUT2D eigenvalue weighted by Gasteiger charge is -2.07. The van der Waals surface area contributed by atoms with Crippen LogP contribution in [0.3, 0.4) is 0 Å². The summed E-state index contributed by atoms with van der Waals surface area (Å²) < 4.78 is 2.37. The maximum atomic E-state index is 11.4. The second kappa shape index (κ2) is 5.47. The molecule has 1 aromatic heterocycles. The molecule has 1 heterocycles. The molecule has 0 saturated heterocycles. The number of nitrogens with zero attached hydrogens (tertiary/aromatic N) is 1. The molecule has 0 unspecified atom stereocenters. The van der Waals surface area contributed by atoms with Crippen molar-refractivity contribution in [1.82, 2.24) is 9.99 Å². The monoisotopic (exact) mass is 327 g/mol. The number of nitrogens with one attached hydrogen (secondary N) is 1. The van der Waals surface area contributed by atoms with Crippen LogP contribution in [0.5, 0.6) is 0 Å². The predicted molar refractivity (Wildman–Crippen MR) is 73.5 cm³/mol. The van der Waals surface area contributed by atoms with E-state index in [1.165, 1.54) is 0 Å². The van der Waals surface area contributed by atoms with Gasteiger partial charge in [0.2, 0.25) is 0 Å². The van der Waals surface area contributed by atoms with Gasteiger partial charge in [-0.3, -0.25) is 15.0 Å². The third kappa shape index (κ3) is 2.69. The van der Waals surface area contributed by atoms with Gasteiger partial charge >= 0.3 is 4.87 Å². The van der Waals surface area contributed by atoms with Crippen molar-refractivity contribution in [3.05, 3.63) is 55.0 Å². The van der Waals surface area contributed by atoms with Gasteiger partial charge in [-0.05, 0) is 17.7 Å². The van der Waals surface area contributed by atoms with Gasteiger partial charge in [0.25, 0.3) is 5.91 Å². The van der Waals surface area contributed by atoms with Crippen molar-refractivity contribution in [2.75, 3.05) is 0 Å². The van der Waals surface area contributed by atoms with Crippen LogP contribution in [0.4, 0.5) is 0 Å². The van der Waals surface area contributed by atoms with E-state index < -0.39 is 0 Å². The molecule has 1 aromatic carbocycles. The highest BCUT2D eigenvalue weighted by molar-refractivity contribution is 9.10. The van der Waals surface area contributed by atoms with Gasteiger partial charge in [0, 0.05) is 21.6 Å². The molecule has 2 rings (SSSR count). The zero-order valence-electron chi connectivity index (χ0n) is 9.22. The molecule has 94 valence electrons. The minimum Gasteiger partial charge on any atom is -0.301 e. The van der Waals surface area contributed by atoms with Crippen LogP contribution in [0, 0.1) is 0 Å². The third-order valence-corrected chi connectivity index (χ3v) is 3.86. The number of rotatable bonds is 3. The van der Waals surface area contributed by atoms with Crippen LogP contribution < -0.4 is 16.1 Å². The fourth-order valence-electron chi connectivity index (χ4n) is 1.49. The van der Waals surface area contributed by atoms with E-state index in [-0.39, 0.29) is 10.8 Å². The molecule has 18 heavy (non-hydrogen) atoms. The van der Waals surface area contributed by atoms with Crippen molar-refractivity contribution in [1.29, 1.82) is 0 Å². The van der Waals surface area contributed by atoms with Crippen molar-refractivity contribution in [3.8, 4) is 0 Å². The maximum absolute atomic E-state index is 11.4. The van der Waals surface area contributed by atoms with E-state index in [0.717, 1.165) is 21.4 Å². The number of hydrazine groups is 1. The highest BCUT2D eigenvalue weighted by atomic mass is 79.9. The second-order valence-corrected chi connectivity index (χ2v) is 5.29. The molecule has 0 atom stereocenters. The molecule has 0 aliphatic heterocycles. The second-order valence-electron chi connectivity index (χ2n) is 3.58. The molecule has 0 aliphatic carbocycles. The van der Waals surface area contributed by atoms with Crippen LogP contribution in [0.1, 0.15) is 15.9 Å². The molecular weight excluding hydrogens is 318 g/mol. The summed E-state index contributed by atoms with van der Waals surface area (Å²) in [5, 5.41) is 1.74. The standard InChI is InChI=1S/C11H10BrN3O2S/c12-9-5-7(10(16)14-13)1-2-8(9)6-15-3-4-18-11(15)17/h1-5H,6,13H2,(H,14,16). The van der Waals surface area contributed by atoms with E-state index in [0.29, 0.717) is 12.1 Å². The largest absolute Gasteiger partial charge is 0.307 e. The summed E-state index contributed by atoms with van der Waals surface area (Å²) in [5.74, 6) is 4.71. The smallest absolute Gasteiger partial charge is 0.301 e. The van der Waals surface area contributed by atoms with E-state index in [4.69, 9.17) is 5.84 Å². The molecule has 5 nitrogen and oxygen atoms in total. The molecule has 0 aliphatic rings. The summed E-state index contributed by atoms with van der Waals surface area (Å²) in [4.78, 5) is 22.8. The van der Waals surface area contributed by atoms with Gasteiger partial charge in [-0.1, -0.05) is 33.3 Å². The van der Waals surface area contributed by atoms with Crippen LogP contribution in [-0.2, 0) is 6.54 Å². The number of hydrogen-bond acceptors (Lipinski definition) is 4. The van der Waals surface area contributed by atoms with Gasteiger partial charge in [0.1, 0.15) is 0 Å². The molecule has 1 amide bonds. The first-order valence-electron chi connectivity index (χ1n) is 5.05. The van der Waals surface area contributed by atoms with Gasteiger partial charge in [-0.25, -0.2) is 5.84 Å². The van der Waals surface area contributed by atoms with Gasteiger partial charge in [-0.15, -0.1) is 0 Å². The van der Waals surface area contributed by atoms with Crippen molar-refractivity contribution in [2.24, 2.45) is 5.84 Å². The number of halogens is 1. The molecule has 0 radical (unpaired) electrons. The van der Waals surface area contributed by atoms with Gasteiger partial charge < -0.3 is 4.57 Å². The Kier molecular flexibility index (Phi) is 3.95. The van der Waals surface area contributed by atoms with Gasteiger partial charge in [0.05, 0.1) is 6.54 Å². The van der Waals surface area contributed by atoms with Crippen molar-refractivity contribution >= 4 is 33.2 Å². The Morgan fingerprint density at radius 3 is 2.83 bits per heavy atom. The Hall–Kier alpha value is -1.44. The number of carbonyl (C=O) groups is 1. The lowest BCUT2D eigenvalue weighted by Crippen LogP contribution is -2.30. The molecule has 0 fully saturated rings. The minimum absolute atomic E-state index is 0.00863. The number of carbonyl (C=O) groups excluding carboxylic acids is 1. The molecule has 3 N–H and O–H groups in total. The number of aromatic nitrogens is 1. The van der Waals surface area contributed by atoms with Crippen LogP contribution in [0.15, 0.2) is 39.0 Å². The summed E-state index contributed by atoms with van der Waals surface area (Å²) in [5.41, 5.74) is 3.45. The molecule has 2 aromatic rings. The highest BCUT2D eigenvalue weighted by Gasteiger charge is 2.08. The SMILES string of the molecule is NNC(=O)c1ccc(Cn2ccsc2=O)c(Br)c1. The number of amides is 1. The van der Waals surface area contributed by atoms with Crippen LogP contribution >= 0.6 is 27.3 Å². The first-order chi connectivity index (χ1) is 8.61. The molecule has 0 bridgehead atoms. The zero-order valence-corrected chi connectivity index (χ0v) is 11.6. The fourth-order valence-corrected chi connectivity index (χ4v) is 2.58. The van der Waals surface area contributed by atoms with Crippen LogP contribution in [0.2, 0.25) is 0 Å². The number of nitrogens with two attached hydrogens (primary N) is 1. The topological polar surface area (TPSA) is 77.1 Å². The number of hydrogen-bond donors (Lipinski definition) is 2. The predicted octanol–water partition coefficient (Wildman–Crippen LogP) is 1.32. The average Bonchev–Trinajstić information content (AvgIpc) is 2.76. The summed E-state index contributed by atoms with van der Waals surface area (Å²) >= 11 is 4.53. The first-order valence-corrected chi connectivity index (χ1v) is 6.72. The number of nitrogen functional groups attached to an aromatic ring is 1.